The lowest BCUT2D eigenvalue weighted by Crippen LogP contribution is -2.39. The molecule has 0 radical (unpaired) electrons. The van der Waals surface area contributed by atoms with Crippen molar-refractivity contribution in [1.29, 1.82) is 5.26 Å². The molecule has 7 heteroatoms. The number of fused-ring (bicyclic) bond motifs is 6. The summed E-state index contributed by atoms with van der Waals surface area (Å²) in [6, 6.07) is 9.85. The van der Waals surface area contributed by atoms with E-state index >= 15 is 0 Å². The molecule has 1 saturated carbocycles. The first-order valence-electron chi connectivity index (χ1n) is 11.3. The first-order valence-corrected chi connectivity index (χ1v) is 11.3. The summed E-state index contributed by atoms with van der Waals surface area (Å²) in [6.45, 7) is 1.57. The lowest BCUT2D eigenvalue weighted by Gasteiger charge is -2.23. The Hall–Kier alpha value is -3.63. The number of aryl methyl sites for hydroxylation is 1. The molecule has 1 aromatic carbocycles. The third-order valence-corrected chi connectivity index (χ3v) is 7.14. The van der Waals surface area contributed by atoms with Crippen molar-refractivity contribution in [2.75, 3.05) is 26.9 Å². The molecule has 1 amide bonds. The molecule has 6 rings (SSSR count). The number of H-pyrrole nitrogens is 1. The van der Waals surface area contributed by atoms with Crippen molar-refractivity contribution in [3.8, 4) is 34.3 Å². The van der Waals surface area contributed by atoms with Gasteiger partial charge in [-0.15, -0.1) is 0 Å². The van der Waals surface area contributed by atoms with Crippen molar-refractivity contribution in [1.82, 2.24) is 15.3 Å². The molecule has 166 valence electrons. The Morgan fingerprint density at radius 3 is 2.88 bits per heavy atom. The summed E-state index contributed by atoms with van der Waals surface area (Å²) >= 11 is 0. The predicted molar refractivity (Wildman–Crippen MR) is 122 cm³/mol. The van der Waals surface area contributed by atoms with Crippen LogP contribution in [0.4, 0.5) is 0 Å². The molecule has 0 bridgehead atoms. The van der Waals surface area contributed by atoms with Gasteiger partial charge in [0.2, 0.25) is 0 Å². The molecule has 33 heavy (non-hydrogen) atoms. The molecule has 0 saturated heterocycles. The molecule has 2 N–H and O–H groups in total. The van der Waals surface area contributed by atoms with Crippen LogP contribution < -0.4 is 10.1 Å². The minimum atomic E-state index is 0.0421. The summed E-state index contributed by atoms with van der Waals surface area (Å²) < 4.78 is 10.7. The maximum atomic E-state index is 12.7. The fourth-order valence-electron chi connectivity index (χ4n) is 5.14. The average molecular weight is 441 g/mol. The normalized spacial score (nSPS) is 16.9. The molecule has 3 aliphatic rings. The number of benzene rings is 1. The topological polar surface area (TPSA) is 100 Å². The molecular formula is C26H24N4O3. The van der Waals surface area contributed by atoms with Crippen molar-refractivity contribution in [3.63, 3.8) is 0 Å². The second-order valence-corrected chi connectivity index (χ2v) is 9.08. The SMILES string of the molecule is COCCOc1ccc(-c2cc3c(cn2)CCc2c-3[nH]c3c2C(=O)NCC32CC2)cc1C#N. The Kier molecular flexibility index (Phi) is 4.52. The van der Waals surface area contributed by atoms with Gasteiger partial charge in [0.1, 0.15) is 18.4 Å². The number of methoxy groups -OCH3 is 1. The zero-order valence-corrected chi connectivity index (χ0v) is 18.5. The number of nitriles is 1. The van der Waals surface area contributed by atoms with Gasteiger partial charge in [-0.1, -0.05) is 0 Å². The molecule has 1 spiro atoms. The zero-order valence-electron chi connectivity index (χ0n) is 18.5. The highest BCUT2D eigenvalue weighted by Gasteiger charge is 2.51. The molecule has 3 aromatic rings. The average Bonchev–Trinajstić information content (AvgIpc) is 3.51. The van der Waals surface area contributed by atoms with Crippen LogP contribution in [-0.2, 0) is 23.0 Å². The van der Waals surface area contributed by atoms with E-state index in [2.05, 4.69) is 22.4 Å². The Morgan fingerprint density at radius 2 is 2.09 bits per heavy atom. The highest BCUT2D eigenvalue weighted by Crippen LogP contribution is 2.52. The van der Waals surface area contributed by atoms with Crippen molar-refractivity contribution in [2.24, 2.45) is 0 Å². The van der Waals surface area contributed by atoms with Gasteiger partial charge in [0, 0.05) is 42.1 Å². The van der Waals surface area contributed by atoms with Gasteiger partial charge >= 0.3 is 0 Å². The van der Waals surface area contributed by atoms with Gasteiger partial charge in [0.25, 0.3) is 5.91 Å². The van der Waals surface area contributed by atoms with Gasteiger partial charge in [-0.25, -0.2) is 0 Å². The van der Waals surface area contributed by atoms with E-state index in [1.165, 1.54) is 5.56 Å². The molecule has 7 nitrogen and oxygen atoms in total. The Balaban J connectivity index is 1.40. The zero-order chi connectivity index (χ0) is 22.6. The second-order valence-electron chi connectivity index (χ2n) is 9.08. The van der Waals surface area contributed by atoms with Gasteiger partial charge in [0.15, 0.2) is 0 Å². The van der Waals surface area contributed by atoms with E-state index in [1.807, 2.05) is 24.4 Å². The number of rotatable bonds is 5. The number of carbonyl (C=O) groups excluding carboxylic acids is 1. The summed E-state index contributed by atoms with van der Waals surface area (Å²) in [5.41, 5.74) is 8.63. The van der Waals surface area contributed by atoms with Gasteiger partial charge in [-0.2, -0.15) is 5.26 Å². The van der Waals surface area contributed by atoms with Gasteiger partial charge < -0.3 is 19.8 Å². The monoisotopic (exact) mass is 440 g/mol. The largest absolute Gasteiger partial charge is 0.490 e. The third kappa shape index (κ3) is 3.13. The predicted octanol–water partition coefficient (Wildman–Crippen LogP) is 3.51. The van der Waals surface area contributed by atoms with E-state index in [9.17, 15) is 10.1 Å². The van der Waals surface area contributed by atoms with Crippen LogP contribution in [-0.4, -0.2) is 42.7 Å². The van der Waals surface area contributed by atoms with Gasteiger partial charge in [0.05, 0.1) is 29.1 Å². The second kappa shape index (κ2) is 7.46. The van der Waals surface area contributed by atoms with Crippen LogP contribution in [0.2, 0.25) is 0 Å². The van der Waals surface area contributed by atoms with Crippen LogP contribution in [0.25, 0.3) is 22.5 Å². The van der Waals surface area contributed by atoms with Crippen LogP contribution in [0.15, 0.2) is 30.5 Å². The molecule has 0 atom stereocenters. The molecule has 0 unspecified atom stereocenters. The van der Waals surface area contributed by atoms with Gasteiger partial charge in [-0.05, 0) is 61.1 Å². The maximum absolute atomic E-state index is 12.7. The fraction of sp³-hybridized carbons (Fsp3) is 0.346. The number of nitrogens with one attached hydrogen (secondary N) is 2. The summed E-state index contributed by atoms with van der Waals surface area (Å²) in [6.07, 6.45) is 5.85. The van der Waals surface area contributed by atoms with Crippen molar-refractivity contribution in [3.05, 3.63) is 58.4 Å². The van der Waals surface area contributed by atoms with Crippen LogP contribution in [0.1, 0.15) is 45.6 Å². The van der Waals surface area contributed by atoms with Crippen LogP contribution in [0.5, 0.6) is 5.75 Å². The van der Waals surface area contributed by atoms with E-state index in [-0.39, 0.29) is 11.3 Å². The summed E-state index contributed by atoms with van der Waals surface area (Å²) in [5.74, 6) is 0.580. The number of amides is 1. The number of hydrogen-bond acceptors (Lipinski definition) is 5. The lowest BCUT2D eigenvalue weighted by atomic mass is 9.86. The van der Waals surface area contributed by atoms with Crippen LogP contribution in [0, 0.1) is 11.3 Å². The fourth-order valence-corrected chi connectivity index (χ4v) is 5.14. The van der Waals surface area contributed by atoms with E-state index < -0.39 is 0 Å². The number of ether oxygens (including phenoxy) is 2. The lowest BCUT2D eigenvalue weighted by molar-refractivity contribution is 0.0936. The van der Waals surface area contributed by atoms with E-state index in [1.54, 1.807) is 7.11 Å². The Labute approximate surface area is 191 Å². The molecule has 2 aromatic heterocycles. The molecule has 1 aliphatic heterocycles. The molecule has 1 fully saturated rings. The Morgan fingerprint density at radius 1 is 1.21 bits per heavy atom. The van der Waals surface area contributed by atoms with E-state index in [0.29, 0.717) is 24.5 Å². The minimum Gasteiger partial charge on any atom is -0.490 e. The Bertz CT molecular complexity index is 1330. The molecule has 2 aliphatic carbocycles. The van der Waals surface area contributed by atoms with Crippen molar-refractivity contribution < 1.29 is 14.3 Å². The number of aromatic amines is 1. The van der Waals surface area contributed by atoms with E-state index in [0.717, 1.165) is 71.6 Å². The smallest absolute Gasteiger partial charge is 0.253 e. The first kappa shape index (κ1) is 20.0. The number of hydrogen-bond donors (Lipinski definition) is 2. The first-order chi connectivity index (χ1) is 16.1. The number of nitrogens with zero attached hydrogens (tertiary/aromatic N) is 2. The third-order valence-electron chi connectivity index (χ3n) is 7.14. The number of carbonyl (C=O) groups is 1. The number of pyridine rings is 1. The maximum Gasteiger partial charge on any atom is 0.253 e. The summed E-state index contributed by atoms with van der Waals surface area (Å²) in [7, 11) is 1.61. The summed E-state index contributed by atoms with van der Waals surface area (Å²) in [4.78, 5) is 21.1. The standard InChI is InChI=1S/C26H24N4O3/c1-32-8-9-33-21-5-3-15(10-17(21)12-27)20-11-19-16(13-28-20)2-4-18-22-24(30-23(18)19)26(6-7-26)14-29-25(22)31/h3,5,10-11,13,30H,2,4,6-9,14H2,1H3,(H,29,31). The minimum absolute atomic E-state index is 0.0421. The van der Waals surface area contributed by atoms with Gasteiger partial charge in [-0.3, -0.25) is 9.78 Å². The van der Waals surface area contributed by atoms with E-state index in [4.69, 9.17) is 14.5 Å². The van der Waals surface area contributed by atoms with Crippen LogP contribution >= 0.6 is 0 Å². The van der Waals surface area contributed by atoms with Crippen molar-refractivity contribution >= 4 is 5.91 Å². The number of aromatic nitrogens is 2. The highest BCUT2D eigenvalue weighted by atomic mass is 16.5. The quantitative estimate of drug-likeness (QED) is 0.592. The highest BCUT2D eigenvalue weighted by molar-refractivity contribution is 6.01. The summed E-state index contributed by atoms with van der Waals surface area (Å²) in [5, 5.41) is 12.7. The molecular weight excluding hydrogens is 416 g/mol. The van der Waals surface area contributed by atoms with Crippen LogP contribution in [0.3, 0.4) is 0 Å². The molecule has 3 heterocycles. The van der Waals surface area contributed by atoms with Crippen molar-refractivity contribution in [2.45, 2.75) is 31.1 Å².